The van der Waals surface area contributed by atoms with Crippen molar-refractivity contribution in [1.29, 1.82) is 5.26 Å². The third-order valence-electron chi connectivity index (χ3n) is 10.5. The summed E-state index contributed by atoms with van der Waals surface area (Å²) in [4.78, 5) is 0. The molecule has 48 heavy (non-hydrogen) atoms. The van der Waals surface area contributed by atoms with Crippen LogP contribution in [0.1, 0.15) is 27.8 Å². The Labute approximate surface area is 278 Å². The first-order chi connectivity index (χ1) is 23.7. The second-order valence-electron chi connectivity index (χ2n) is 12.7. The molecule has 2 aliphatic heterocycles. The number of nitrogens with zero attached hydrogens (tertiary/aromatic N) is 2. The Kier molecular flexibility index (Phi) is 5.54. The maximum atomic E-state index is 16.3. The van der Waals surface area contributed by atoms with Crippen molar-refractivity contribution >= 4 is 44.9 Å². The Balaban J connectivity index is 1.41. The van der Waals surface area contributed by atoms with Crippen LogP contribution in [0.5, 0.6) is 0 Å². The molecule has 4 heteroatoms. The van der Waals surface area contributed by atoms with E-state index in [0.29, 0.717) is 5.56 Å². The van der Waals surface area contributed by atoms with Gasteiger partial charge in [-0.2, -0.15) is 5.26 Å². The van der Waals surface area contributed by atoms with E-state index in [1.54, 1.807) is 0 Å². The van der Waals surface area contributed by atoms with E-state index in [1.807, 2.05) is 60.7 Å². The Morgan fingerprint density at radius 2 is 1.19 bits per heavy atom. The summed E-state index contributed by atoms with van der Waals surface area (Å²) in [5.41, 5.74) is 9.81. The van der Waals surface area contributed by atoms with E-state index < -0.39 is 12.6 Å². The third kappa shape index (κ3) is 3.30. The van der Waals surface area contributed by atoms with E-state index in [4.69, 9.17) is 0 Å². The summed E-state index contributed by atoms with van der Waals surface area (Å²) >= 11 is 0. The fraction of sp³-hybridized carbons (Fsp3) is 0.0227. The SMILES string of the molecule is N#Cc1ccc(-c2ccc3c(c2)P(=O)(c2ccccc2)c2ccccc2C32c3ccccc3-n3c4ccccc4c4cccc2c43)cc1. The second kappa shape index (κ2) is 9.79. The molecule has 2 atom stereocenters. The molecule has 7 aromatic carbocycles. The minimum absolute atomic E-state index is 0.613. The molecule has 2 unspecified atom stereocenters. The topological polar surface area (TPSA) is 45.8 Å². The van der Waals surface area contributed by atoms with Crippen molar-refractivity contribution < 1.29 is 4.57 Å². The van der Waals surface area contributed by atoms with Crippen molar-refractivity contribution in [2.24, 2.45) is 0 Å². The average Bonchev–Trinajstić information content (AvgIpc) is 3.50. The smallest absolute Gasteiger partial charge is 0.171 e. The molecule has 0 radical (unpaired) electrons. The molecule has 0 aliphatic carbocycles. The molecule has 0 N–H and O–H groups in total. The highest BCUT2D eigenvalue weighted by atomic mass is 31.2. The predicted octanol–water partition coefficient (Wildman–Crippen LogP) is 8.97. The number of rotatable bonds is 2. The first-order valence-electron chi connectivity index (χ1n) is 16.2. The quantitative estimate of drug-likeness (QED) is 0.179. The molecule has 3 heterocycles. The molecular formula is C44H27N2OP. The van der Waals surface area contributed by atoms with Gasteiger partial charge < -0.3 is 9.13 Å². The zero-order valence-corrected chi connectivity index (χ0v) is 26.7. The van der Waals surface area contributed by atoms with Crippen molar-refractivity contribution in [1.82, 2.24) is 4.57 Å². The summed E-state index contributed by atoms with van der Waals surface area (Å²) < 4.78 is 18.7. The van der Waals surface area contributed by atoms with Crippen molar-refractivity contribution in [2.75, 3.05) is 0 Å². The van der Waals surface area contributed by atoms with Crippen LogP contribution in [0, 0.1) is 11.3 Å². The zero-order valence-electron chi connectivity index (χ0n) is 25.8. The van der Waals surface area contributed by atoms with Crippen molar-refractivity contribution in [3.8, 4) is 22.9 Å². The van der Waals surface area contributed by atoms with Gasteiger partial charge in [0.05, 0.1) is 33.8 Å². The molecule has 224 valence electrons. The van der Waals surface area contributed by atoms with Gasteiger partial charge in [-0.1, -0.05) is 133 Å². The van der Waals surface area contributed by atoms with Gasteiger partial charge in [0.2, 0.25) is 0 Å². The molecule has 8 aromatic rings. The molecule has 0 amide bonds. The van der Waals surface area contributed by atoms with E-state index in [2.05, 4.69) is 114 Å². The lowest BCUT2D eigenvalue weighted by Crippen LogP contribution is -2.48. The van der Waals surface area contributed by atoms with Crippen LogP contribution in [0.2, 0.25) is 0 Å². The molecule has 1 spiro atoms. The summed E-state index contributed by atoms with van der Waals surface area (Å²) in [5, 5.41) is 14.4. The van der Waals surface area contributed by atoms with E-state index in [0.717, 1.165) is 43.9 Å². The number of aromatic nitrogens is 1. The molecule has 2 aliphatic rings. The highest BCUT2D eigenvalue weighted by Gasteiger charge is 2.54. The number of fused-ring (bicyclic) bond motifs is 11. The maximum absolute atomic E-state index is 16.3. The Morgan fingerprint density at radius 3 is 2.02 bits per heavy atom. The normalized spacial score (nSPS) is 18.6. The summed E-state index contributed by atoms with van der Waals surface area (Å²) in [6.45, 7) is 0. The van der Waals surface area contributed by atoms with Crippen molar-refractivity contribution in [3.63, 3.8) is 0 Å². The predicted molar refractivity (Wildman–Crippen MR) is 196 cm³/mol. The van der Waals surface area contributed by atoms with Crippen LogP contribution in [0.3, 0.4) is 0 Å². The molecular weight excluding hydrogens is 603 g/mol. The minimum atomic E-state index is -3.36. The largest absolute Gasteiger partial charge is 0.309 e. The first-order valence-corrected chi connectivity index (χ1v) is 17.9. The van der Waals surface area contributed by atoms with Crippen LogP contribution in [0.15, 0.2) is 164 Å². The molecule has 0 saturated heterocycles. The first kappa shape index (κ1) is 27.2. The summed E-state index contributed by atoms with van der Waals surface area (Å²) in [7, 11) is -3.36. The lowest BCUT2D eigenvalue weighted by Gasteiger charge is -2.47. The van der Waals surface area contributed by atoms with Gasteiger partial charge in [0.25, 0.3) is 0 Å². The van der Waals surface area contributed by atoms with Gasteiger partial charge >= 0.3 is 0 Å². The maximum Gasteiger partial charge on any atom is 0.171 e. The second-order valence-corrected chi connectivity index (χ2v) is 15.4. The molecule has 0 fully saturated rings. The van der Waals surface area contributed by atoms with E-state index in [9.17, 15) is 5.26 Å². The fourth-order valence-corrected chi connectivity index (χ4v) is 11.8. The lowest BCUT2D eigenvalue weighted by atomic mass is 9.62. The summed E-state index contributed by atoms with van der Waals surface area (Å²) in [6.07, 6.45) is 0. The highest BCUT2D eigenvalue weighted by Crippen LogP contribution is 2.60. The van der Waals surface area contributed by atoms with Gasteiger partial charge in [0.15, 0.2) is 7.14 Å². The van der Waals surface area contributed by atoms with Gasteiger partial charge in [0, 0.05) is 26.7 Å². The van der Waals surface area contributed by atoms with Gasteiger partial charge in [0.1, 0.15) is 0 Å². The lowest BCUT2D eigenvalue weighted by molar-refractivity contribution is 0.590. The zero-order chi connectivity index (χ0) is 32.0. The Bertz CT molecular complexity index is 2720. The number of hydrogen-bond acceptors (Lipinski definition) is 2. The standard InChI is InChI=1S/C44H27N2OP/c45-28-29-21-23-30(24-22-29)31-25-26-37-42(27-31)48(47,32-11-2-1-3-12-32)41-20-9-6-16-36(41)44(37)35-15-5-8-19-40(35)46-39-18-7-4-13-33(39)34-14-10-17-38(44)43(34)46/h1-27H. The fourth-order valence-electron chi connectivity index (χ4n) is 8.56. The monoisotopic (exact) mass is 630 g/mol. The van der Waals surface area contributed by atoms with E-state index >= 15 is 4.57 Å². The minimum Gasteiger partial charge on any atom is -0.309 e. The highest BCUT2D eigenvalue weighted by molar-refractivity contribution is 7.85. The van der Waals surface area contributed by atoms with E-state index in [1.165, 1.54) is 32.9 Å². The summed E-state index contributed by atoms with van der Waals surface area (Å²) in [6, 6.07) is 59.0. The van der Waals surface area contributed by atoms with Gasteiger partial charge in [-0.15, -0.1) is 0 Å². The summed E-state index contributed by atoms with van der Waals surface area (Å²) in [5.74, 6) is 0. The molecule has 3 nitrogen and oxygen atoms in total. The van der Waals surface area contributed by atoms with Crippen LogP contribution in [-0.4, -0.2) is 4.57 Å². The van der Waals surface area contributed by atoms with Gasteiger partial charge in [-0.25, -0.2) is 0 Å². The van der Waals surface area contributed by atoms with Crippen LogP contribution in [-0.2, 0) is 9.98 Å². The number of benzene rings is 7. The van der Waals surface area contributed by atoms with Crippen LogP contribution in [0.4, 0.5) is 0 Å². The van der Waals surface area contributed by atoms with Crippen LogP contribution < -0.4 is 15.9 Å². The van der Waals surface area contributed by atoms with Crippen molar-refractivity contribution in [3.05, 3.63) is 192 Å². The molecule has 0 bridgehead atoms. The van der Waals surface area contributed by atoms with Crippen molar-refractivity contribution in [2.45, 2.75) is 5.41 Å². The molecule has 0 saturated carbocycles. The average molecular weight is 631 g/mol. The number of hydrogen-bond donors (Lipinski definition) is 0. The van der Waals surface area contributed by atoms with Gasteiger partial charge in [-0.3, -0.25) is 0 Å². The Morgan fingerprint density at radius 1 is 0.542 bits per heavy atom. The third-order valence-corrected chi connectivity index (χ3v) is 13.6. The number of nitriles is 1. The van der Waals surface area contributed by atoms with Gasteiger partial charge in [-0.05, 0) is 63.7 Å². The Hall–Kier alpha value is -5.94. The van der Waals surface area contributed by atoms with Crippen LogP contribution in [0.25, 0.3) is 38.6 Å². The molecule has 10 rings (SSSR count). The number of para-hydroxylation sites is 3. The molecule has 1 aromatic heterocycles. The van der Waals surface area contributed by atoms with Crippen LogP contribution >= 0.6 is 7.14 Å². The van der Waals surface area contributed by atoms with E-state index in [-0.39, 0.29) is 0 Å².